The van der Waals surface area contributed by atoms with E-state index in [1.165, 1.54) is 0 Å². The molecule has 0 saturated carbocycles. The summed E-state index contributed by atoms with van der Waals surface area (Å²) >= 11 is 0. The largest absolute Gasteiger partial charge is 0.390 e. The summed E-state index contributed by atoms with van der Waals surface area (Å²) in [6.07, 6.45) is -2.73. The van der Waals surface area contributed by atoms with Crippen molar-refractivity contribution in [1.82, 2.24) is 0 Å². The lowest BCUT2D eigenvalue weighted by Crippen LogP contribution is -2.42. The van der Waals surface area contributed by atoms with Gasteiger partial charge in [-0.1, -0.05) is 27.7 Å². The van der Waals surface area contributed by atoms with E-state index in [2.05, 4.69) is 0 Å². The van der Waals surface area contributed by atoms with Gasteiger partial charge in [0.2, 0.25) is 0 Å². The van der Waals surface area contributed by atoms with Gasteiger partial charge in [-0.15, -0.1) is 0 Å². The van der Waals surface area contributed by atoms with Gasteiger partial charge in [-0.3, -0.25) is 0 Å². The Kier molecular flexibility index (Phi) is 4.75. The molecule has 0 aromatic heterocycles. The maximum Gasteiger partial charge on any atom is 0.106 e. The van der Waals surface area contributed by atoms with Crippen LogP contribution in [0.5, 0.6) is 0 Å². The molecule has 0 aliphatic carbocycles. The van der Waals surface area contributed by atoms with Crippen LogP contribution in [0, 0.1) is 11.8 Å². The fourth-order valence-electron chi connectivity index (χ4n) is 0.991. The number of hydrogen-bond acceptors (Lipinski definition) is 3. The van der Waals surface area contributed by atoms with Gasteiger partial charge in [0.15, 0.2) is 0 Å². The van der Waals surface area contributed by atoms with Gasteiger partial charge in [0, 0.05) is 0 Å². The number of hydrogen-bond donors (Lipinski definition) is 3. The summed E-state index contributed by atoms with van der Waals surface area (Å²) in [5.41, 5.74) is 0. The first kappa shape index (κ1) is 11.9. The summed E-state index contributed by atoms with van der Waals surface area (Å²) in [7, 11) is 0. The van der Waals surface area contributed by atoms with Gasteiger partial charge in [0.1, 0.15) is 6.10 Å². The molecule has 3 N–H and O–H groups in total. The molecule has 0 fully saturated rings. The topological polar surface area (TPSA) is 60.7 Å². The van der Waals surface area contributed by atoms with Gasteiger partial charge in [-0.2, -0.15) is 0 Å². The van der Waals surface area contributed by atoms with Crippen molar-refractivity contribution in [2.75, 3.05) is 0 Å². The molecule has 0 amide bonds. The van der Waals surface area contributed by atoms with Crippen LogP contribution in [0.4, 0.5) is 0 Å². The van der Waals surface area contributed by atoms with Crippen molar-refractivity contribution in [2.45, 2.75) is 46.0 Å². The number of aliphatic hydroxyl groups is 3. The Morgan fingerprint density at radius 3 is 1.00 bits per heavy atom. The average Bonchev–Trinajstić information content (AvgIpc) is 2.00. The highest BCUT2D eigenvalue weighted by Gasteiger charge is 2.28. The molecule has 74 valence electrons. The van der Waals surface area contributed by atoms with E-state index in [4.69, 9.17) is 0 Å². The Morgan fingerprint density at radius 2 is 0.833 bits per heavy atom. The second kappa shape index (κ2) is 4.80. The van der Waals surface area contributed by atoms with E-state index in [0.717, 1.165) is 0 Å². The monoisotopic (exact) mass is 176 g/mol. The fourth-order valence-corrected chi connectivity index (χ4v) is 0.991. The lowest BCUT2D eigenvalue weighted by molar-refractivity contribution is -0.0897. The summed E-state index contributed by atoms with van der Waals surface area (Å²) in [4.78, 5) is 0. The average molecular weight is 176 g/mol. The van der Waals surface area contributed by atoms with Crippen molar-refractivity contribution >= 4 is 0 Å². The molecule has 0 rings (SSSR count). The predicted molar refractivity (Wildman–Crippen MR) is 47.7 cm³/mol. The van der Waals surface area contributed by atoms with Crippen LogP contribution >= 0.6 is 0 Å². The SMILES string of the molecule is CC(C)C(O)C(O)C(O)C(C)C. The Morgan fingerprint density at radius 1 is 0.583 bits per heavy atom. The first-order valence-electron chi connectivity index (χ1n) is 4.42. The molecule has 2 unspecified atom stereocenters. The fraction of sp³-hybridized carbons (Fsp3) is 1.00. The molecule has 0 aliphatic heterocycles. The molecule has 0 bridgehead atoms. The van der Waals surface area contributed by atoms with Crippen LogP contribution in [0.15, 0.2) is 0 Å². The van der Waals surface area contributed by atoms with E-state index < -0.39 is 18.3 Å². The standard InChI is InChI=1S/C9H20O3/c1-5(2)7(10)9(12)8(11)6(3)4/h5-12H,1-4H3. The second-order valence-corrected chi connectivity index (χ2v) is 3.96. The minimum atomic E-state index is -1.04. The van der Waals surface area contributed by atoms with Crippen LogP contribution in [-0.2, 0) is 0 Å². The van der Waals surface area contributed by atoms with E-state index in [-0.39, 0.29) is 11.8 Å². The highest BCUT2D eigenvalue weighted by atomic mass is 16.4. The van der Waals surface area contributed by atoms with Crippen LogP contribution in [0.2, 0.25) is 0 Å². The molecule has 0 heterocycles. The van der Waals surface area contributed by atoms with Gasteiger partial charge >= 0.3 is 0 Å². The normalized spacial score (nSPS) is 19.8. The Labute approximate surface area is 74.0 Å². The summed E-state index contributed by atoms with van der Waals surface area (Å²) in [5.74, 6) is -0.0678. The molecule has 3 nitrogen and oxygen atoms in total. The van der Waals surface area contributed by atoms with Crippen LogP contribution in [-0.4, -0.2) is 33.6 Å². The Bertz CT molecular complexity index is 109. The van der Waals surface area contributed by atoms with Crippen molar-refractivity contribution < 1.29 is 15.3 Å². The van der Waals surface area contributed by atoms with E-state index in [1.54, 1.807) is 27.7 Å². The third kappa shape index (κ3) is 3.09. The Balaban J connectivity index is 4.08. The molecule has 0 saturated heterocycles. The molecule has 0 spiro atoms. The quantitative estimate of drug-likeness (QED) is 0.580. The molecule has 0 aromatic rings. The zero-order valence-electron chi connectivity index (χ0n) is 8.23. The third-order valence-corrected chi connectivity index (χ3v) is 2.07. The van der Waals surface area contributed by atoms with E-state index >= 15 is 0 Å². The van der Waals surface area contributed by atoms with Crippen LogP contribution in [0.25, 0.3) is 0 Å². The van der Waals surface area contributed by atoms with Crippen molar-refractivity contribution in [3.63, 3.8) is 0 Å². The maximum atomic E-state index is 9.43. The lowest BCUT2D eigenvalue weighted by atomic mass is 9.92. The second-order valence-electron chi connectivity index (χ2n) is 3.96. The van der Waals surface area contributed by atoms with E-state index in [0.29, 0.717) is 0 Å². The van der Waals surface area contributed by atoms with Crippen molar-refractivity contribution in [3.05, 3.63) is 0 Å². The highest BCUT2D eigenvalue weighted by molar-refractivity contribution is 4.78. The predicted octanol–water partition coefficient (Wildman–Crippen LogP) is 0.381. The smallest absolute Gasteiger partial charge is 0.106 e. The van der Waals surface area contributed by atoms with Crippen molar-refractivity contribution in [1.29, 1.82) is 0 Å². The van der Waals surface area contributed by atoms with Crippen molar-refractivity contribution in [2.24, 2.45) is 11.8 Å². The van der Waals surface area contributed by atoms with Crippen LogP contribution in [0.3, 0.4) is 0 Å². The third-order valence-electron chi connectivity index (χ3n) is 2.07. The van der Waals surface area contributed by atoms with Crippen molar-refractivity contribution in [3.8, 4) is 0 Å². The van der Waals surface area contributed by atoms with Crippen LogP contribution < -0.4 is 0 Å². The molecule has 0 radical (unpaired) electrons. The molecule has 12 heavy (non-hydrogen) atoms. The lowest BCUT2D eigenvalue weighted by Gasteiger charge is -2.27. The zero-order chi connectivity index (χ0) is 9.89. The van der Waals surface area contributed by atoms with E-state index in [1.807, 2.05) is 0 Å². The molecule has 0 aromatic carbocycles. The number of rotatable bonds is 4. The zero-order valence-corrected chi connectivity index (χ0v) is 8.23. The molecule has 0 aliphatic rings. The molecular weight excluding hydrogens is 156 g/mol. The van der Waals surface area contributed by atoms with Gasteiger partial charge in [-0.05, 0) is 11.8 Å². The van der Waals surface area contributed by atoms with Gasteiger partial charge < -0.3 is 15.3 Å². The minimum absolute atomic E-state index is 0.0339. The minimum Gasteiger partial charge on any atom is -0.390 e. The molecular formula is C9H20O3. The van der Waals surface area contributed by atoms with Crippen LogP contribution in [0.1, 0.15) is 27.7 Å². The van der Waals surface area contributed by atoms with Gasteiger partial charge in [0.05, 0.1) is 12.2 Å². The maximum absolute atomic E-state index is 9.43. The molecule has 3 heteroatoms. The first-order chi connectivity index (χ1) is 5.37. The van der Waals surface area contributed by atoms with Gasteiger partial charge in [-0.25, -0.2) is 0 Å². The first-order valence-corrected chi connectivity index (χ1v) is 4.42. The number of aliphatic hydroxyl groups excluding tert-OH is 3. The molecule has 2 atom stereocenters. The summed E-state index contributed by atoms with van der Waals surface area (Å²) in [6, 6.07) is 0. The Hall–Kier alpha value is -0.120. The summed E-state index contributed by atoms with van der Waals surface area (Å²) in [6.45, 7) is 7.23. The van der Waals surface area contributed by atoms with Gasteiger partial charge in [0.25, 0.3) is 0 Å². The van der Waals surface area contributed by atoms with E-state index in [9.17, 15) is 15.3 Å². The summed E-state index contributed by atoms with van der Waals surface area (Å²) < 4.78 is 0. The summed E-state index contributed by atoms with van der Waals surface area (Å²) in [5, 5.41) is 28.2. The highest BCUT2D eigenvalue weighted by Crippen LogP contribution is 2.14.